The van der Waals surface area contributed by atoms with E-state index in [1.807, 2.05) is 24.3 Å². The van der Waals surface area contributed by atoms with Crippen LogP contribution in [0.4, 0.5) is 0 Å². The number of aromatic carboxylic acids is 1. The SMILES string of the molecule is Cc1c(C(=O)O)nn(-c2ccc(I)cc2Cl)c1-c1ccc(Cl)cc1. The molecule has 1 aromatic heterocycles. The van der Waals surface area contributed by atoms with Crippen molar-refractivity contribution in [3.63, 3.8) is 0 Å². The van der Waals surface area contributed by atoms with E-state index >= 15 is 0 Å². The molecule has 2 aromatic carbocycles. The number of hydrogen-bond acceptors (Lipinski definition) is 2. The molecule has 0 saturated heterocycles. The molecule has 1 heterocycles. The van der Waals surface area contributed by atoms with Gasteiger partial charge in [-0.05, 0) is 59.8 Å². The van der Waals surface area contributed by atoms with Crippen molar-refractivity contribution in [2.45, 2.75) is 6.92 Å². The molecule has 0 unspecified atom stereocenters. The number of carbonyl (C=O) groups is 1. The molecule has 0 radical (unpaired) electrons. The molecule has 0 fully saturated rings. The van der Waals surface area contributed by atoms with Crippen LogP contribution in [-0.2, 0) is 0 Å². The minimum Gasteiger partial charge on any atom is -0.476 e. The Bertz CT molecular complexity index is 937. The van der Waals surface area contributed by atoms with Crippen molar-refractivity contribution in [3.05, 3.63) is 67.3 Å². The van der Waals surface area contributed by atoms with Gasteiger partial charge >= 0.3 is 5.97 Å². The zero-order valence-electron chi connectivity index (χ0n) is 12.4. The number of aromatic nitrogens is 2. The van der Waals surface area contributed by atoms with Crippen LogP contribution in [0.5, 0.6) is 0 Å². The molecule has 1 N–H and O–H groups in total. The van der Waals surface area contributed by atoms with Gasteiger partial charge in [0.1, 0.15) is 0 Å². The summed E-state index contributed by atoms with van der Waals surface area (Å²) in [5.41, 5.74) is 2.67. The molecule has 3 aromatic rings. The highest BCUT2D eigenvalue weighted by molar-refractivity contribution is 14.1. The lowest BCUT2D eigenvalue weighted by molar-refractivity contribution is 0.0689. The average molecular weight is 473 g/mol. The average Bonchev–Trinajstić information content (AvgIpc) is 2.86. The van der Waals surface area contributed by atoms with Crippen LogP contribution in [-0.4, -0.2) is 20.9 Å². The van der Waals surface area contributed by atoms with Gasteiger partial charge in [-0.3, -0.25) is 0 Å². The van der Waals surface area contributed by atoms with Crippen molar-refractivity contribution in [2.24, 2.45) is 0 Å². The molecule has 0 bridgehead atoms. The lowest BCUT2D eigenvalue weighted by atomic mass is 10.1. The Morgan fingerprint density at radius 1 is 1.17 bits per heavy atom. The molecular weight excluding hydrogens is 462 g/mol. The summed E-state index contributed by atoms with van der Waals surface area (Å²) < 4.78 is 2.55. The first-order chi connectivity index (χ1) is 11.4. The number of halogens is 3. The maximum absolute atomic E-state index is 11.5. The summed E-state index contributed by atoms with van der Waals surface area (Å²) in [6.07, 6.45) is 0. The maximum Gasteiger partial charge on any atom is 0.356 e. The summed E-state index contributed by atoms with van der Waals surface area (Å²) in [5, 5.41) is 14.8. The first-order valence-corrected chi connectivity index (χ1v) is 8.76. The van der Waals surface area contributed by atoms with Gasteiger partial charge < -0.3 is 5.11 Å². The van der Waals surface area contributed by atoms with E-state index in [2.05, 4.69) is 27.7 Å². The zero-order chi connectivity index (χ0) is 17.4. The van der Waals surface area contributed by atoms with E-state index in [1.165, 1.54) is 0 Å². The zero-order valence-corrected chi connectivity index (χ0v) is 16.1. The molecule has 122 valence electrons. The number of carboxylic acids is 1. The van der Waals surface area contributed by atoms with E-state index in [0.717, 1.165) is 9.13 Å². The van der Waals surface area contributed by atoms with Gasteiger partial charge in [0.15, 0.2) is 5.69 Å². The molecule has 0 aliphatic carbocycles. The first kappa shape index (κ1) is 17.3. The Morgan fingerprint density at radius 3 is 2.42 bits per heavy atom. The van der Waals surface area contributed by atoms with Gasteiger partial charge in [0.2, 0.25) is 0 Å². The summed E-state index contributed by atoms with van der Waals surface area (Å²) in [6, 6.07) is 12.7. The minimum absolute atomic E-state index is 0.00503. The number of nitrogens with zero attached hydrogens (tertiary/aromatic N) is 2. The minimum atomic E-state index is -1.08. The van der Waals surface area contributed by atoms with Crippen molar-refractivity contribution >= 4 is 51.8 Å². The van der Waals surface area contributed by atoms with Crippen LogP contribution >= 0.6 is 45.8 Å². The highest BCUT2D eigenvalue weighted by Crippen LogP contribution is 2.32. The second kappa shape index (κ2) is 6.74. The second-order valence-electron chi connectivity index (χ2n) is 5.14. The van der Waals surface area contributed by atoms with Crippen molar-refractivity contribution in [1.82, 2.24) is 9.78 Å². The molecule has 0 spiro atoms. The normalized spacial score (nSPS) is 10.8. The third kappa shape index (κ3) is 3.16. The first-order valence-electron chi connectivity index (χ1n) is 6.92. The van der Waals surface area contributed by atoms with Crippen LogP contribution in [0.3, 0.4) is 0 Å². The quantitative estimate of drug-likeness (QED) is 0.515. The smallest absolute Gasteiger partial charge is 0.356 e. The van der Waals surface area contributed by atoms with Crippen molar-refractivity contribution < 1.29 is 9.90 Å². The molecule has 4 nitrogen and oxygen atoms in total. The largest absolute Gasteiger partial charge is 0.476 e. The maximum atomic E-state index is 11.5. The Labute approximate surface area is 162 Å². The van der Waals surface area contributed by atoms with Gasteiger partial charge in [0, 0.05) is 19.7 Å². The van der Waals surface area contributed by atoms with Gasteiger partial charge in [-0.15, -0.1) is 0 Å². The molecule has 3 rings (SSSR count). The van der Waals surface area contributed by atoms with Crippen LogP contribution in [0.25, 0.3) is 16.9 Å². The summed E-state index contributed by atoms with van der Waals surface area (Å²) in [5.74, 6) is -1.08. The lowest BCUT2D eigenvalue weighted by Gasteiger charge is -2.11. The molecule has 0 amide bonds. The van der Waals surface area contributed by atoms with E-state index in [4.69, 9.17) is 23.2 Å². The van der Waals surface area contributed by atoms with E-state index < -0.39 is 5.97 Å². The topological polar surface area (TPSA) is 55.1 Å². The molecule has 24 heavy (non-hydrogen) atoms. The molecule has 0 atom stereocenters. The van der Waals surface area contributed by atoms with Crippen LogP contribution in [0.2, 0.25) is 10.0 Å². The Kier molecular flexibility index (Phi) is 4.85. The number of benzene rings is 2. The van der Waals surface area contributed by atoms with Gasteiger partial charge in [0.05, 0.1) is 16.4 Å². The summed E-state index contributed by atoms with van der Waals surface area (Å²) in [4.78, 5) is 11.5. The number of hydrogen-bond donors (Lipinski definition) is 1. The van der Waals surface area contributed by atoms with Crippen LogP contribution in [0.15, 0.2) is 42.5 Å². The Balaban J connectivity index is 2.30. The van der Waals surface area contributed by atoms with Crippen LogP contribution < -0.4 is 0 Å². The highest BCUT2D eigenvalue weighted by atomic mass is 127. The van der Waals surface area contributed by atoms with Gasteiger partial charge in [-0.2, -0.15) is 5.10 Å². The third-order valence-electron chi connectivity index (χ3n) is 3.58. The summed E-state index contributed by atoms with van der Waals surface area (Å²) >= 11 is 14.5. The number of rotatable bonds is 3. The van der Waals surface area contributed by atoms with Crippen molar-refractivity contribution in [2.75, 3.05) is 0 Å². The predicted octanol–water partition coefficient (Wildman–Crippen LogP) is 5.46. The third-order valence-corrected chi connectivity index (χ3v) is 4.81. The number of carboxylic acid groups (broad SMARTS) is 1. The second-order valence-corrected chi connectivity index (χ2v) is 7.23. The van der Waals surface area contributed by atoms with E-state index in [9.17, 15) is 9.90 Å². The van der Waals surface area contributed by atoms with E-state index in [0.29, 0.717) is 27.0 Å². The van der Waals surface area contributed by atoms with Gasteiger partial charge in [0.25, 0.3) is 0 Å². The van der Waals surface area contributed by atoms with Gasteiger partial charge in [-0.1, -0.05) is 35.3 Å². The highest BCUT2D eigenvalue weighted by Gasteiger charge is 2.22. The summed E-state index contributed by atoms with van der Waals surface area (Å²) in [6.45, 7) is 1.73. The molecule has 0 aliphatic heterocycles. The Hall–Kier alpha value is -1.57. The van der Waals surface area contributed by atoms with E-state index in [1.54, 1.807) is 29.8 Å². The van der Waals surface area contributed by atoms with Crippen LogP contribution in [0.1, 0.15) is 16.1 Å². The fourth-order valence-electron chi connectivity index (χ4n) is 2.47. The standard InChI is InChI=1S/C17H11Cl2IN2O2/c1-9-15(17(23)24)21-22(14-7-6-12(20)8-13(14)19)16(9)10-2-4-11(18)5-3-10/h2-8H,1H3,(H,23,24). The van der Waals surface area contributed by atoms with Crippen LogP contribution in [0, 0.1) is 10.5 Å². The lowest BCUT2D eigenvalue weighted by Crippen LogP contribution is -2.03. The van der Waals surface area contributed by atoms with Crippen molar-refractivity contribution in [1.29, 1.82) is 0 Å². The molecule has 0 saturated carbocycles. The molecule has 7 heteroatoms. The Morgan fingerprint density at radius 2 is 1.83 bits per heavy atom. The summed E-state index contributed by atoms with van der Waals surface area (Å²) in [7, 11) is 0. The van der Waals surface area contributed by atoms with Gasteiger partial charge in [-0.25, -0.2) is 9.48 Å². The van der Waals surface area contributed by atoms with Crippen molar-refractivity contribution in [3.8, 4) is 16.9 Å². The fourth-order valence-corrected chi connectivity index (χ4v) is 3.53. The molecule has 0 aliphatic rings. The molecular formula is C17H11Cl2IN2O2. The van der Waals surface area contributed by atoms with E-state index in [-0.39, 0.29) is 5.69 Å². The predicted molar refractivity (Wildman–Crippen MR) is 103 cm³/mol. The monoisotopic (exact) mass is 472 g/mol. The fraction of sp³-hybridized carbons (Fsp3) is 0.0588.